The molecule has 40 heavy (non-hydrogen) atoms. The zero-order valence-electron chi connectivity index (χ0n) is 23.9. The zero-order valence-corrected chi connectivity index (χ0v) is 23.9. The normalized spacial score (nSPS) is 17.4. The van der Waals surface area contributed by atoms with Gasteiger partial charge in [0.05, 0.1) is 20.1 Å². The molecule has 0 bridgehead atoms. The number of carbonyl (C=O) groups excluding carboxylic acids is 2. The molecule has 1 fully saturated rings. The first-order valence-corrected chi connectivity index (χ1v) is 13.8. The molecule has 1 aliphatic rings. The van der Waals surface area contributed by atoms with Crippen molar-refractivity contribution in [3.05, 3.63) is 95.6 Å². The van der Waals surface area contributed by atoms with Gasteiger partial charge in [0, 0.05) is 12.1 Å². The summed E-state index contributed by atoms with van der Waals surface area (Å²) in [4.78, 5) is 28.2. The number of rotatable bonds is 12. The Morgan fingerprint density at radius 2 is 1.30 bits per heavy atom. The number of methoxy groups -OCH3 is 2. The summed E-state index contributed by atoms with van der Waals surface area (Å²) >= 11 is 0. The number of nitrogens with zero attached hydrogens (tertiary/aromatic N) is 1. The maximum absolute atomic E-state index is 13.8. The molecule has 4 rings (SSSR count). The minimum absolute atomic E-state index is 0.00548. The van der Waals surface area contributed by atoms with Gasteiger partial charge in [0.2, 0.25) is 5.91 Å². The summed E-state index contributed by atoms with van der Waals surface area (Å²) in [6.45, 7) is 6.11. The monoisotopic (exact) mass is 545 g/mol. The van der Waals surface area contributed by atoms with E-state index in [2.05, 4.69) is 13.8 Å². The van der Waals surface area contributed by atoms with Crippen molar-refractivity contribution in [3.63, 3.8) is 0 Å². The van der Waals surface area contributed by atoms with Crippen molar-refractivity contribution >= 4 is 12.1 Å². The molecule has 0 aromatic heterocycles. The van der Waals surface area contributed by atoms with Crippen LogP contribution in [0.3, 0.4) is 0 Å². The number of benzene rings is 3. The Bertz CT molecular complexity index is 1190. The molecule has 7 heteroatoms. The third-order valence-electron chi connectivity index (χ3n) is 7.55. The molecular weight excluding hydrogens is 506 g/mol. The standard InChI is InChI=1S/C33H39NO6/c1-22(2)31-30(23(3)40-33(36)39-21-26-9-7-6-8-10-26)32(35)34(31)27(19-24-11-15-28(37-4)16-12-24)20-25-13-17-29(38-5)18-14-25/h6-18,22-23,27,30-31H,19-21H2,1-5H3/t23-,30-,31+/m1/s1. The van der Waals surface area contributed by atoms with Crippen molar-refractivity contribution in [1.82, 2.24) is 4.90 Å². The van der Waals surface area contributed by atoms with Crippen LogP contribution in [0, 0.1) is 11.8 Å². The van der Waals surface area contributed by atoms with E-state index < -0.39 is 18.2 Å². The van der Waals surface area contributed by atoms with E-state index in [0.29, 0.717) is 12.8 Å². The third kappa shape index (κ3) is 6.95. The Morgan fingerprint density at radius 3 is 1.77 bits per heavy atom. The first-order valence-electron chi connectivity index (χ1n) is 13.8. The lowest BCUT2D eigenvalue weighted by Gasteiger charge is -2.54. The van der Waals surface area contributed by atoms with Crippen LogP contribution in [0.1, 0.15) is 37.5 Å². The smallest absolute Gasteiger partial charge is 0.497 e. The molecular formula is C33H39NO6. The molecule has 0 unspecified atom stereocenters. The molecule has 212 valence electrons. The molecule has 0 radical (unpaired) electrons. The Kier molecular flexibility index (Phi) is 9.70. The molecule has 1 aliphatic heterocycles. The maximum atomic E-state index is 13.8. The molecule has 1 amide bonds. The topological polar surface area (TPSA) is 74.3 Å². The number of ether oxygens (including phenoxy) is 4. The molecule has 0 spiro atoms. The molecule has 7 nitrogen and oxygen atoms in total. The van der Waals surface area contributed by atoms with Crippen LogP contribution in [0.2, 0.25) is 0 Å². The van der Waals surface area contributed by atoms with Crippen LogP contribution in [0.15, 0.2) is 78.9 Å². The lowest BCUT2D eigenvalue weighted by atomic mass is 9.75. The second-order valence-electron chi connectivity index (χ2n) is 10.6. The van der Waals surface area contributed by atoms with E-state index in [1.165, 1.54) is 0 Å². The van der Waals surface area contributed by atoms with Gasteiger partial charge in [-0.25, -0.2) is 4.79 Å². The average Bonchev–Trinajstić information content (AvgIpc) is 2.96. The summed E-state index contributed by atoms with van der Waals surface area (Å²) in [6, 6.07) is 25.2. The van der Waals surface area contributed by atoms with Gasteiger partial charge in [0.1, 0.15) is 24.2 Å². The first-order chi connectivity index (χ1) is 19.3. The van der Waals surface area contributed by atoms with Crippen molar-refractivity contribution in [2.45, 2.75) is 58.4 Å². The fraction of sp³-hybridized carbons (Fsp3) is 0.394. The molecule has 3 atom stereocenters. The maximum Gasteiger partial charge on any atom is 0.508 e. The first kappa shape index (κ1) is 29.0. The number of hydrogen-bond acceptors (Lipinski definition) is 6. The Labute approximate surface area is 237 Å². The Hall–Kier alpha value is -4.00. The van der Waals surface area contributed by atoms with E-state index in [4.69, 9.17) is 18.9 Å². The number of carbonyl (C=O) groups is 2. The predicted octanol–water partition coefficient (Wildman–Crippen LogP) is 6.08. The van der Waals surface area contributed by atoms with Crippen LogP contribution >= 0.6 is 0 Å². The fourth-order valence-corrected chi connectivity index (χ4v) is 5.51. The Morgan fingerprint density at radius 1 is 0.775 bits per heavy atom. The van der Waals surface area contributed by atoms with Gasteiger partial charge >= 0.3 is 6.16 Å². The van der Waals surface area contributed by atoms with E-state index >= 15 is 0 Å². The van der Waals surface area contributed by atoms with Crippen LogP contribution in [0.4, 0.5) is 4.79 Å². The van der Waals surface area contributed by atoms with Gasteiger partial charge in [-0.15, -0.1) is 0 Å². The summed E-state index contributed by atoms with van der Waals surface area (Å²) < 4.78 is 21.6. The van der Waals surface area contributed by atoms with Gasteiger partial charge in [0.15, 0.2) is 0 Å². The van der Waals surface area contributed by atoms with Crippen molar-refractivity contribution in [1.29, 1.82) is 0 Å². The van der Waals surface area contributed by atoms with E-state index in [-0.39, 0.29) is 30.5 Å². The Balaban J connectivity index is 1.49. The van der Waals surface area contributed by atoms with Gasteiger partial charge in [-0.1, -0.05) is 68.4 Å². The van der Waals surface area contributed by atoms with E-state index in [0.717, 1.165) is 28.2 Å². The van der Waals surface area contributed by atoms with Crippen molar-refractivity contribution in [2.24, 2.45) is 11.8 Å². The molecule has 1 heterocycles. The van der Waals surface area contributed by atoms with Crippen molar-refractivity contribution in [3.8, 4) is 11.5 Å². The molecule has 0 saturated carbocycles. The second kappa shape index (κ2) is 13.4. The highest BCUT2D eigenvalue weighted by Gasteiger charge is 2.54. The number of hydrogen-bond donors (Lipinski definition) is 0. The van der Waals surface area contributed by atoms with Crippen LogP contribution in [-0.4, -0.2) is 49.4 Å². The molecule has 3 aromatic carbocycles. The SMILES string of the molecule is COc1ccc(CC(Cc2ccc(OC)cc2)N2C(=O)[C@H]([C@@H](C)OC(=O)OCc3ccccc3)[C@@H]2C(C)C)cc1. The highest BCUT2D eigenvalue weighted by Crippen LogP contribution is 2.39. The van der Waals surface area contributed by atoms with Crippen molar-refractivity contribution < 1.29 is 28.5 Å². The zero-order chi connectivity index (χ0) is 28.6. The van der Waals surface area contributed by atoms with Gasteiger partial charge in [-0.2, -0.15) is 0 Å². The van der Waals surface area contributed by atoms with Crippen LogP contribution < -0.4 is 9.47 Å². The highest BCUT2D eigenvalue weighted by molar-refractivity contribution is 5.87. The van der Waals surface area contributed by atoms with Gasteiger partial charge in [0.25, 0.3) is 0 Å². The molecule has 3 aromatic rings. The molecule has 0 N–H and O–H groups in total. The summed E-state index contributed by atoms with van der Waals surface area (Å²) in [6.07, 6.45) is -0.00171. The lowest BCUT2D eigenvalue weighted by molar-refractivity contribution is -0.174. The third-order valence-corrected chi connectivity index (χ3v) is 7.55. The van der Waals surface area contributed by atoms with Crippen LogP contribution in [-0.2, 0) is 33.7 Å². The summed E-state index contributed by atoms with van der Waals surface area (Å²) in [5.41, 5.74) is 3.11. The summed E-state index contributed by atoms with van der Waals surface area (Å²) in [5.74, 6) is 1.32. The van der Waals surface area contributed by atoms with Crippen LogP contribution in [0.5, 0.6) is 11.5 Å². The average molecular weight is 546 g/mol. The summed E-state index contributed by atoms with van der Waals surface area (Å²) in [5, 5.41) is 0. The van der Waals surface area contributed by atoms with Gasteiger partial charge in [-0.05, 0) is 66.6 Å². The van der Waals surface area contributed by atoms with E-state index in [9.17, 15) is 9.59 Å². The minimum atomic E-state index is -0.766. The lowest BCUT2D eigenvalue weighted by Crippen LogP contribution is -2.70. The molecule has 0 aliphatic carbocycles. The molecule has 1 saturated heterocycles. The quantitative estimate of drug-likeness (QED) is 0.203. The number of amides is 1. The minimum Gasteiger partial charge on any atom is -0.497 e. The predicted molar refractivity (Wildman–Crippen MR) is 153 cm³/mol. The largest absolute Gasteiger partial charge is 0.508 e. The summed E-state index contributed by atoms with van der Waals surface area (Å²) in [7, 11) is 3.29. The number of likely N-dealkylation sites (tertiary alicyclic amines) is 1. The van der Waals surface area contributed by atoms with Gasteiger partial charge in [-0.3, -0.25) is 4.79 Å². The highest BCUT2D eigenvalue weighted by atomic mass is 16.7. The van der Waals surface area contributed by atoms with Gasteiger partial charge < -0.3 is 23.8 Å². The second-order valence-corrected chi connectivity index (χ2v) is 10.6. The number of β-lactam (4-membered cyclic amide) rings is 1. The van der Waals surface area contributed by atoms with Crippen molar-refractivity contribution in [2.75, 3.05) is 14.2 Å². The van der Waals surface area contributed by atoms with E-state index in [1.807, 2.05) is 83.8 Å². The van der Waals surface area contributed by atoms with Crippen LogP contribution in [0.25, 0.3) is 0 Å². The van der Waals surface area contributed by atoms with E-state index in [1.54, 1.807) is 21.1 Å². The fourth-order valence-electron chi connectivity index (χ4n) is 5.51.